The van der Waals surface area contributed by atoms with E-state index in [0.29, 0.717) is 35.2 Å². The third-order valence-electron chi connectivity index (χ3n) is 6.78. The lowest BCUT2D eigenvalue weighted by molar-refractivity contribution is 0.0496. The van der Waals surface area contributed by atoms with Crippen LogP contribution >= 0.6 is 0 Å². The van der Waals surface area contributed by atoms with Gasteiger partial charge < -0.3 is 10.7 Å². The number of anilines is 1. The molecule has 1 fully saturated rings. The maximum Gasteiger partial charge on any atom is 0.257 e. The first-order chi connectivity index (χ1) is 15.0. The third kappa shape index (κ3) is 4.38. The van der Waals surface area contributed by atoms with Crippen LogP contribution in [0.1, 0.15) is 70.9 Å². The van der Waals surface area contributed by atoms with Crippen LogP contribution in [0.15, 0.2) is 47.3 Å². The number of likely N-dealkylation sites (tertiary alicyclic amines) is 1. The monoisotopic (exact) mass is 418 g/mol. The van der Waals surface area contributed by atoms with Crippen LogP contribution in [0.3, 0.4) is 0 Å². The first-order valence-electron chi connectivity index (χ1n) is 11.7. The van der Waals surface area contributed by atoms with E-state index < -0.39 is 0 Å². The summed E-state index contributed by atoms with van der Waals surface area (Å²) in [5.74, 6) is 0.419. The van der Waals surface area contributed by atoms with Gasteiger partial charge in [-0.1, -0.05) is 44.4 Å². The molecule has 0 bridgehead atoms. The van der Waals surface area contributed by atoms with Crippen LogP contribution in [-0.4, -0.2) is 27.0 Å². The average Bonchev–Trinajstić information content (AvgIpc) is 2.75. The number of hydrogen-bond acceptors (Lipinski definition) is 4. The van der Waals surface area contributed by atoms with Gasteiger partial charge in [0.25, 0.3) is 5.56 Å². The van der Waals surface area contributed by atoms with Gasteiger partial charge in [0.05, 0.1) is 11.3 Å². The number of nitrogens with zero attached hydrogens (tertiary/aromatic N) is 2. The highest BCUT2D eigenvalue weighted by atomic mass is 16.1. The Kier molecular flexibility index (Phi) is 6.42. The van der Waals surface area contributed by atoms with Crippen LogP contribution in [0, 0.1) is 0 Å². The Hall–Kier alpha value is -2.66. The summed E-state index contributed by atoms with van der Waals surface area (Å²) in [7, 11) is 0. The Labute approximate surface area is 184 Å². The molecule has 164 valence electrons. The molecule has 4 rings (SSSR count). The Morgan fingerprint density at radius 2 is 1.90 bits per heavy atom. The number of nitrogens with one attached hydrogen (secondary N) is 1. The molecule has 1 aromatic carbocycles. The molecule has 0 spiro atoms. The summed E-state index contributed by atoms with van der Waals surface area (Å²) in [6, 6.07) is 15.2. The fraction of sp³-hybridized carbons (Fsp3) is 0.462. The Morgan fingerprint density at radius 3 is 2.61 bits per heavy atom. The molecule has 0 amide bonds. The molecule has 3 atom stereocenters. The molecule has 3 N–H and O–H groups in total. The normalized spacial score (nSPS) is 20.7. The van der Waals surface area contributed by atoms with E-state index in [0.717, 1.165) is 17.3 Å². The second-order valence-electron chi connectivity index (χ2n) is 9.00. The number of benzene rings is 1. The van der Waals surface area contributed by atoms with Crippen LogP contribution in [0.25, 0.3) is 22.2 Å². The van der Waals surface area contributed by atoms with Gasteiger partial charge in [0.15, 0.2) is 0 Å². The first kappa shape index (κ1) is 21.6. The summed E-state index contributed by atoms with van der Waals surface area (Å²) in [6.45, 7) is 6.98. The summed E-state index contributed by atoms with van der Waals surface area (Å²) in [6.07, 6.45) is 7.26. The van der Waals surface area contributed by atoms with Gasteiger partial charge in [0, 0.05) is 29.0 Å². The minimum atomic E-state index is -0.132. The highest BCUT2D eigenvalue weighted by Crippen LogP contribution is 2.38. The van der Waals surface area contributed by atoms with E-state index in [1.54, 1.807) is 6.07 Å². The fourth-order valence-electron chi connectivity index (χ4n) is 5.25. The molecular weight excluding hydrogens is 384 g/mol. The van der Waals surface area contributed by atoms with Crippen molar-refractivity contribution in [2.75, 3.05) is 5.73 Å². The molecule has 1 aliphatic heterocycles. The molecule has 3 heterocycles. The molecule has 5 nitrogen and oxygen atoms in total. The van der Waals surface area contributed by atoms with Crippen molar-refractivity contribution in [3.8, 4) is 11.3 Å². The molecular formula is C26H34N4O. The highest BCUT2D eigenvalue weighted by Gasteiger charge is 2.32. The number of aromatic nitrogens is 2. The molecule has 3 unspecified atom stereocenters. The number of nitrogen functional groups attached to an aromatic ring is 1. The SMILES string of the molecule is CCCCC(c1cccc2[nH]c(=O)c(-c3cccc(N)n3)cc12)N1C(C)CCCC1C. The number of fused-ring (bicyclic) bond motifs is 1. The van der Waals surface area contributed by atoms with Crippen molar-refractivity contribution in [1.29, 1.82) is 0 Å². The maximum absolute atomic E-state index is 12.9. The number of rotatable bonds is 6. The minimum Gasteiger partial charge on any atom is -0.384 e. The number of H-pyrrole nitrogens is 1. The zero-order valence-electron chi connectivity index (χ0n) is 18.9. The van der Waals surface area contributed by atoms with E-state index in [1.165, 1.54) is 37.7 Å². The number of hydrogen-bond donors (Lipinski definition) is 2. The number of unbranched alkanes of at least 4 members (excludes halogenated alkanes) is 1. The van der Waals surface area contributed by atoms with Gasteiger partial charge in [0.1, 0.15) is 5.82 Å². The van der Waals surface area contributed by atoms with Crippen LogP contribution in [0.5, 0.6) is 0 Å². The minimum absolute atomic E-state index is 0.132. The molecule has 5 heteroatoms. The molecule has 31 heavy (non-hydrogen) atoms. The van der Waals surface area contributed by atoms with E-state index in [9.17, 15) is 4.79 Å². The molecule has 2 aromatic heterocycles. The Balaban J connectivity index is 1.88. The molecule has 1 aliphatic rings. The lowest BCUT2D eigenvalue weighted by Crippen LogP contribution is -2.46. The van der Waals surface area contributed by atoms with Crippen molar-refractivity contribution in [2.24, 2.45) is 0 Å². The standard InChI is InChI=1S/C26H34N4O/c1-4-5-14-24(30-17(2)9-6-10-18(30)3)19-11-7-12-22-20(19)16-21(26(31)29-22)23-13-8-15-25(27)28-23/h7-8,11-13,15-18,24H,4-6,9-10,14H2,1-3H3,(H2,27,28)(H,29,31). The number of aromatic amines is 1. The molecule has 1 saturated heterocycles. The molecule has 3 aromatic rings. The van der Waals surface area contributed by atoms with Crippen molar-refractivity contribution in [3.05, 3.63) is 58.4 Å². The van der Waals surface area contributed by atoms with Gasteiger partial charge >= 0.3 is 0 Å². The van der Waals surface area contributed by atoms with E-state index in [4.69, 9.17) is 5.73 Å². The van der Waals surface area contributed by atoms with E-state index in [-0.39, 0.29) is 5.56 Å². The average molecular weight is 419 g/mol. The van der Waals surface area contributed by atoms with Crippen molar-refractivity contribution < 1.29 is 0 Å². The summed E-state index contributed by atoms with van der Waals surface area (Å²) in [4.78, 5) is 23.1. The molecule has 0 saturated carbocycles. The third-order valence-corrected chi connectivity index (χ3v) is 6.78. The van der Waals surface area contributed by atoms with Crippen LogP contribution in [-0.2, 0) is 0 Å². The molecule has 0 aliphatic carbocycles. The smallest absolute Gasteiger partial charge is 0.257 e. The maximum atomic E-state index is 12.9. The molecule has 0 radical (unpaired) electrons. The van der Waals surface area contributed by atoms with Gasteiger partial charge in [-0.2, -0.15) is 0 Å². The summed E-state index contributed by atoms with van der Waals surface area (Å²) < 4.78 is 0. The first-order valence-corrected chi connectivity index (χ1v) is 11.7. The summed E-state index contributed by atoms with van der Waals surface area (Å²) in [5.41, 5.74) is 9.12. The number of pyridine rings is 2. The highest BCUT2D eigenvalue weighted by molar-refractivity contribution is 5.86. The van der Waals surface area contributed by atoms with Gasteiger partial charge in [-0.3, -0.25) is 9.69 Å². The second kappa shape index (κ2) is 9.23. The summed E-state index contributed by atoms with van der Waals surface area (Å²) in [5, 5.41) is 1.10. The largest absolute Gasteiger partial charge is 0.384 e. The summed E-state index contributed by atoms with van der Waals surface area (Å²) >= 11 is 0. The van der Waals surface area contributed by atoms with Gasteiger partial charge in [-0.15, -0.1) is 0 Å². The lowest BCUT2D eigenvalue weighted by atomic mass is 9.88. The predicted octanol–water partition coefficient (Wildman–Crippen LogP) is 5.67. The Bertz CT molecular complexity index is 1100. The number of nitrogens with two attached hydrogens (primary N) is 1. The predicted molar refractivity (Wildman–Crippen MR) is 129 cm³/mol. The second-order valence-corrected chi connectivity index (χ2v) is 9.00. The quantitative estimate of drug-likeness (QED) is 0.541. The zero-order valence-corrected chi connectivity index (χ0v) is 18.9. The van der Waals surface area contributed by atoms with Gasteiger partial charge in [-0.05, 0) is 62.9 Å². The van der Waals surface area contributed by atoms with Crippen LogP contribution in [0.4, 0.5) is 5.82 Å². The zero-order chi connectivity index (χ0) is 22.0. The topological polar surface area (TPSA) is 75.0 Å². The number of piperidine rings is 1. The van der Waals surface area contributed by atoms with Crippen molar-refractivity contribution in [2.45, 2.75) is 77.4 Å². The fourth-order valence-corrected chi connectivity index (χ4v) is 5.25. The van der Waals surface area contributed by atoms with Gasteiger partial charge in [-0.25, -0.2) is 4.98 Å². The van der Waals surface area contributed by atoms with Crippen LogP contribution < -0.4 is 11.3 Å². The van der Waals surface area contributed by atoms with Crippen LogP contribution in [0.2, 0.25) is 0 Å². The Morgan fingerprint density at radius 1 is 1.16 bits per heavy atom. The van der Waals surface area contributed by atoms with E-state index >= 15 is 0 Å². The van der Waals surface area contributed by atoms with Crippen molar-refractivity contribution >= 4 is 16.7 Å². The van der Waals surface area contributed by atoms with E-state index in [2.05, 4.69) is 47.8 Å². The van der Waals surface area contributed by atoms with Crippen molar-refractivity contribution in [3.63, 3.8) is 0 Å². The van der Waals surface area contributed by atoms with Gasteiger partial charge in [0.2, 0.25) is 0 Å². The van der Waals surface area contributed by atoms with Crippen molar-refractivity contribution in [1.82, 2.24) is 14.9 Å². The lowest BCUT2D eigenvalue weighted by Gasteiger charge is -2.45. The van der Waals surface area contributed by atoms with E-state index in [1.807, 2.05) is 24.3 Å².